The summed E-state index contributed by atoms with van der Waals surface area (Å²) in [5.74, 6) is 0.970. The first-order chi connectivity index (χ1) is 10.8. The van der Waals surface area contributed by atoms with Crippen molar-refractivity contribution in [2.45, 2.75) is 32.4 Å². The molecule has 1 fully saturated rings. The molecule has 1 saturated heterocycles. The molecule has 0 spiro atoms. The van der Waals surface area contributed by atoms with Gasteiger partial charge in [0.25, 0.3) is 0 Å². The lowest BCUT2D eigenvalue weighted by atomic mass is 9.92. The van der Waals surface area contributed by atoms with Gasteiger partial charge in [-0.25, -0.2) is 17.5 Å². The number of hydrogen-bond donors (Lipinski definition) is 1. The van der Waals surface area contributed by atoms with Crippen molar-refractivity contribution in [2.75, 3.05) is 26.2 Å². The van der Waals surface area contributed by atoms with Crippen LogP contribution < -0.4 is 4.72 Å². The molecule has 1 aromatic rings. The molecule has 2 atom stereocenters. The second kappa shape index (κ2) is 8.22. The molecule has 0 saturated carbocycles. The third-order valence-corrected chi connectivity index (χ3v) is 5.54. The van der Waals surface area contributed by atoms with Gasteiger partial charge < -0.3 is 4.90 Å². The normalized spacial score (nSPS) is 23.1. The molecular formula is C17H27FN2O2S. The number of rotatable bonds is 7. The summed E-state index contributed by atoms with van der Waals surface area (Å²) in [6.07, 6.45) is 2.09. The van der Waals surface area contributed by atoms with Crippen LogP contribution in [0.3, 0.4) is 0 Å². The first kappa shape index (κ1) is 18.4. The molecule has 0 amide bonds. The van der Waals surface area contributed by atoms with Gasteiger partial charge >= 0.3 is 0 Å². The average Bonchev–Trinajstić information content (AvgIpc) is 2.45. The van der Waals surface area contributed by atoms with Gasteiger partial charge in [0, 0.05) is 19.6 Å². The van der Waals surface area contributed by atoms with E-state index < -0.39 is 10.0 Å². The number of sulfonamides is 1. The van der Waals surface area contributed by atoms with Gasteiger partial charge in [-0.05, 0) is 48.9 Å². The van der Waals surface area contributed by atoms with Crippen LogP contribution in [-0.4, -0.2) is 39.5 Å². The van der Waals surface area contributed by atoms with E-state index in [9.17, 15) is 12.8 Å². The van der Waals surface area contributed by atoms with Crippen molar-refractivity contribution in [2.24, 2.45) is 11.8 Å². The van der Waals surface area contributed by atoms with E-state index in [0.29, 0.717) is 23.9 Å². The Kier molecular flexibility index (Phi) is 6.56. The third-order valence-electron chi connectivity index (χ3n) is 4.19. The zero-order chi connectivity index (χ0) is 16.9. The fraction of sp³-hybridized carbons (Fsp3) is 0.647. The minimum absolute atomic E-state index is 0.106. The highest BCUT2D eigenvalue weighted by atomic mass is 32.2. The van der Waals surface area contributed by atoms with Crippen LogP contribution in [0.4, 0.5) is 4.39 Å². The van der Waals surface area contributed by atoms with Crippen molar-refractivity contribution >= 4 is 10.0 Å². The summed E-state index contributed by atoms with van der Waals surface area (Å²) in [7, 11) is -3.36. The van der Waals surface area contributed by atoms with Gasteiger partial charge in [0.15, 0.2) is 0 Å². The molecule has 1 N–H and O–H groups in total. The van der Waals surface area contributed by atoms with Crippen LogP contribution in [0.15, 0.2) is 24.3 Å². The lowest BCUT2D eigenvalue weighted by Gasteiger charge is -2.34. The monoisotopic (exact) mass is 342 g/mol. The average molecular weight is 342 g/mol. The van der Waals surface area contributed by atoms with Crippen molar-refractivity contribution in [1.29, 1.82) is 0 Å². The van der Waals surface area contributed by atoms with E-state index in [1.807, 2.05) is 0 Å². The van der Waals surface area contributed by atoms with Crippen LogP contribution in [0.2, 0.25) is 0 Å². The topological polar surface area (TPSA) is 49.4 Å². The molecule has 0 bridgehead atoms. The number of benzene rings is 1. The molecular weight excluding hydrogens is 315 g/mol. The predicted octanol–water partition coefficient (Wildman–Crippen LogP) is 2.61. The van der Waals surface area contributed by atoms with Gasteiger partial charge in [0.2, 0.25) is 10.0 Å². The number of likely N-dealkylation sites (tertiary alicyclic amines) is 1. The fourth-order valence-electron chi connectivity index (χ4n) is 3.36. The van der Waals surface area contributed by atoms with Gasteiger partial charge in [-0.2, -0.15) is 0 Å². The second-order valence-corrected chi connectivity index (χ2v) is 8.65. The maximum atomic E-state index is 12.8. The second-order valence-electron chi connectivity index (χ2n) is 6.84. The Morgan fingerprint density at radius 2 is 1.78 bits per heavy atom. The van der Waals surface area contributed by atoms with Crippen LogP contribution in [0.5, 0.6) is 0 Å². The smallest absolute Gasteiger partial charge is 0.215 e. The highest BCUT2D eigenvalue weighted by Gasteiger charge is 2.21. The quantitative estimate of drug-likeness (QED) is 0.775. The number of nitrogens with one attached hydrogen (secondary N) is 1. The summed E-state index contributed by atoms with van der Waals surface area (Å²) in [4.78, 5) is 2.42. The van der Waals surface area contributed by atoms with Gasteiger partial charge in [0.05, 0.1) is 5.75 Å². The molecule has 1 aromatic carbocycles. The van der Waals surface area contributed by atoms with Crippen LogP contribution in [-0.2, 0) is 15.8 Å². The summed E-state index contributed by atoms with van der Waals surface area (Å²) in [5.41, 5.74) is 0.595. The number of nitrogens with zero attached hydrogens (tertiary/aromatic N) is 1. The highest BCUT2D eigenvalue weighted by molar-refractivity contribution is 7.88. The Bertz CT molecular complexity index is 579. The number of piperidine rings is 1. The van der Waals surface area contributed by atoms with E-state index in [1.54, 1.807) is 0 Å². The summed E-state index contributed by atoms with van der Waals surface area (Å²) in [5, 5.41) is 0. The first-order valence-electron chi connectivity index (χ1n) is 8.28. The zero-order valence-corrected chi connectivity index (χ0v) is 14.8. The Hall–Kier alpha value is -0.980. The lowest BCUT2D eigenvalue weighted by Crippen LogP contribution is -2.40. The van der Waals surface area contributed by atoms with Crippen molar-refractivity contribution in [3.8, 4) is 0 Å². The molecule has 1 aliphatic rings. The molecule has 130 valence electrons. The summed E-state index contributed by atoms with van der Waals surface area (Å²) >= 11 is 0. The van der Waals surface area contributed by atoms with Crippen LogP contribution in [0, 0.1) is 17.7 Å². The van der Waals surface area contributed by atoms with E-state index >= 15 is 0 Å². The minimum atomic E-state index is -3.36. The van der Waals surface area contributed by atoms with Gasteiger partial charge in [-0.15, -0.1) is 0 Å². The molecule has 0 aromatic heterocycles. The van der Waals surface area contributed by atoms with Gasteiger partial charge in [-0.1, -0.05) is 26.0 Å². The van der Waals surface area contributed by atoms with Gasteiger partial charge in [-0.3, -0.25) is 0 Å². The van der Waals surface area contributed by atoms with Crippen LogP contribution in [0.1, 0.15) is 32.3 Å². The largest absolute Gasteiger partial charge is 0.303 e. The fourth-order valence-corrected chi connectivity index (χ4v) is 4.54. The number of halogens is 1. The molecule has 6 heteroatoms. The van der Waals surface area contributed by atoms with Crippen molar-refractivity contribution in [3.05, 3.63) is 35.6 Å². The van der Waals surface area contributed by atoms with Crippen molar-refractivity contribution in [3.63, 3.8) is 0 Å². The first-order valence-corrected chi connectivity index (χ1v) is 9.93. The van der Waals surface area contributed by atoms with Crippen molar-refractivity contribution < 1.29 is 12.8 Å². The summed E-state index contributed by atoms with van der Waals surface area (Å²) < 4.78 is 39.5. The maximum Gasteiger partial charge on any atom is 0.215 e. The Morgan fingerprint density at radius 1 is 1.17 bits per heavy atom. The van der Waals surface area contributed by atoms with Crippen molar-refractivity contribution in [1.82, 2.24) is 9.62 Å². The Balaban J connectivity index is 1.71. The highest BCUT2D eigenvalue weighted by Crippen LogP contribution is 2.20. The molecule has 2 rings (SSSR count). The molecule has 4 nitrogen and oxygen atoms in total. The van der Waals surface area contributed by atoms with E-state index in [4.69, 9.17) is 0 Å². The molecule has 0 unspecified atom stereocenters. The third kappa shape index (κ3) is 6.57. The van der Waals surface area contributed by atoms with E-state index in [0.717, 1.165) is 26.1 Å². The van der Waals surface area contributed by atoms with Crippen LogP contribution in [0.25, 0.3) is 0 Å². The SMILES string of the molecule is C[C@@H]1C[C@@H](C)CN(CCCNS(=O)(=O)Cc2ccc(F)cc2)C1. The Labute approximate surface area is 139 Å². The maximum absolute atomic E-state index is 12.8. The predicted molar refractivity (Wildman–Crippen MR) is 91.0 cm³/mol. The molecule has 0 radical (unpaired) electrons. The standard InChI is InChI=1S/C17H27FN2O2S/c1-14-10-15(2)12-20(11-14)9-3-8-19-23(21,22)13-16-4-6-17(18)7-5-16/h4-7,14-15,19H,3,8-13H2,1-2H3/t14-,15-/m1/s1. The summed E-state index contributed by atoms with van der Waals surface area (Å²) in [6, 6.07) is 5.57. The minimum Gasteiger partial charge on any atom is -0.303 e. The van der Waals surface area contributed by atoms with E-state index in [-0.39, 0.29) is 11.6 Å². The molecule has 1 heterocycles. The molecule has 0 aliphatic carbocycles. The summed E-state index contributed by atoms with van der Waals surface area (Å²) in [6.45, 7) is 8.12. The van der Waals surface area contributed by atoms with E-state index in [2.05, 4.69) is 23.5 Å². The molecule has 1 aliphatic heterocycles. The molecule has 23 heavy (non-hydrogen) atoms. The van der Waals surface area contributed by atoms with Crippen LogP contribution >= 0.6 is 0 Å². The van der Waals surface area contributed by atoms with Gasteiger partial charge in [0.1, 0.15) is 5.82 Å². The Morgan fingerprint density at radius 3 is 2.39 bits per heavy atom. The zero-order valence-electron chi connectivity index (χ0n) is 14.0. The number of hydrogen-bond acceptors (Lipinski definition) is 3. The van der Waals surface area contributed by atoms with E-state index in [1.165, 1.54) is 30.7 Å². The lowest BCUT2D eigenvalue weighted by molar-refractivity contribution is 0.140.